The molecule has 0 bridgehead atoms. The second kappa shape index (κ2) is 8.61. The number of alkyl halides is 3. The van der Waals surface area contributed by atoms with Crippen molar-refractivity contribution >= 4 is 17.0 Å². The van der Waals surface area contributed by atoms with Crippen molar-refractivity contribution in [3.05, 3.63) is 58.2 Å². The minimum atomic E-state index is -4.57. The van der Waals surface area contributed by atoms with Gasteiger partial charge in [0.25, 0.3) is 5.56 Å². The highest BCUT2D eigenvalue weighted by Crippen LogP contribution is 2.36. The van der Waals surface area contributed by atoms with E-state index in [0.717, 1.165) is 30.7 Å². The Morgan fingerprint density at radius 1 is 1.08 bits per heavy atom. The Labute approximate surface area is 208 Å². The zero-order chi connectivity index (χ0) is 25.9. The van der Waals surface area contributed by atoms with E-state index in [0.29, 0.717) is 37.1 Å². The van der Waals surface area contributed by atoms with Crippen molar-refractivity contribution in [3.8, 4) is 11.3 Å². The van der Waals surface area contributed by atoms with E-state index in [1.807, 2.05) is 15.8 Å². The van der Waals surface area contributed by atoms with Gasteiger partial charge in [-0.15, -0.1) is 0 Å². The fourth-order valence-corrected chi connectivity index (χ4v) is 4.38. The van der Waals surface area contributed by atoms with Gasteiger partial charge in [0.15, 0.2) is 5.52 Å². The molecule has 0 aromatic carbocycles. The zero-order valence-corrected chi connectivity index (χ0v) is 20.1. The number of morpholine rings is 1. The van der Waals surface area contributed by atoms with Crippen LogP contribution in [-0.2, 0) is 18.0 Å². The van der Waals surface area contributed by atoms with Gasteiger partial charge in [0.2, 0.25) is 5.95 Å². The van der Waals surface area contributed by atoms with Crippen LogP contribution in [0.25, 0.3) is 22.3 Å². The fourth-order valence-electron chi connectivity index (χ4n) is 4.38. The second-order valence-electron chi connectivity index (χ2n) is 9.31. The third kappa shape index (κ3) is 4.32. The maximum Gasteiger partial charge on any atom is 0.433 e. The summed E-state index contributed by atoms with van der Waals surface area (Å²) in [6, 6.07) is 2.62. The molecular formula is C24H23F3N8O2. The summed E-state index contributed by atoms with van der Waals surface area (Å²) >= 11 is 0. The smallest absolute Gasteiger partial charge is 0.370 e. The number of halogens is 3. The SMILES string of the molecule is Cc1nc2c(-c3ccc(C(F)(F)F)nc3)nc(N3CCO[C@H](c4cnn(C5CC5)c4)C3)nc2c(=O)n1C. The van der Waals surface area contributed by atoms with Gasteiger partial charge in [-0.25, -0.2) is 15.0 Å². The number of rotatable bonds is 4. The van der Waals surface area contributed by atoms with Crippen molar-refractivity contribution in [2.24, 2.45) is 7.05 Å². The molecule has 0 unspecified atom stereocenters. The summed E-state index contributed by atoms with van der Waals surface area (Å²) in [6.07, 6.45) is 2.29. The number of nitrogens with zero attached hydrogens (tertiary/aromatic N) is 8. The van der Waals surface area contributed by atoms with Gasteiger partial charge < -0.3 is 9.64 Å². The lowest BCUT2D eigenvalue weighted by Crippen LogP contribution is -2.39. The molecule has 4 aromatic rings. The van der Waals surface area contributed by atoms with Crippen LogP contribution >= 0.6 is 0 Å². The molecule has 0 radical (unpaired) electrons. The zero-order valence-electron chi connectivity index (χ0n) is 20.1. The molecule has 37 heavy (non-hydrogen) atoms. The number of hydrogen-bond donors (Lipinski definition) is 0. The average Bonchev–Trinajstić information content (AvgIpc) is 3.63. The van der Waals surface area contributed by atoms with Crippen LogP contribution < -0.4 is 10.5 Å². The van der Waals surface area contributed by atoms with Crippen LogP contribution in [0.15, 0.2) is 35.5 Å². The molecule has 2 aliphatic rings. The first-order chi connectivity index (χ1) is 17.7. The molecule has 1 atom stereocenters. The Morgan fingerprint density at radius 3 is 2.59 bits per heavy atom. The quantitative estimate of drug-likeness (QED) is 0.411. The van der Waals surface area contributed by atoms with E-state index in [1.165, 1.54) is 10.6 Å². The largest absolute Gasteiger partial charge is 0.433 e. The number of hydrogen-bond acceptors (Lipinski definition) is 8. The topological polar surface area (TPSA) is 104 Å². The standard InChI is InChI=1S/C24H23F3N8O2/c1-13-30-20-19(14-3-6-18(28-9-14)24(25,26)27)31-23(32-21(20)22(36)33(13)2)34-7-8-37-17(12-34)15-10-29-35(11-15)16-4-5-16/h3,6,9-11,16-17H,4-5,7-8,12H2,1-2H3/t17-/m0/s1. The number of ether oxygens (including phenoxy) is 1. The highest BCUT2D eigenvalue weighted by molar-refractivity contribution is 5.89. The molecular weight excluding hydrogens is 489 g/mol. The predicted molar refractivity (Wildman–Crippen MR) is 127 cm³/mol. The van der Waals surface area contributed by atoms with Crippen molar-refractivity contribution in [1.29, 1.82) is 0 Å². The number of anilines is 1. The Kier molecular flexibility index (Phi) is 5.48. The van der Waals surface area contributed by atoms with Gasteiger partial charge in [-0.1, -0.05) is 0 Å². The fraction of sp³-hybridized carbons (Fsp3) is 0.417. The molecule has 1 saturated heterocycles. The average molecular weight is 512 g/mol. The van der Waals surface area contributed by atoms with Crippen LogP contribution in [0.1, 0.15) is 42.1 Å². The van der Waals surface area contributed by atoms with Gasteiger partial charge >= 0.3 is 6.18 Å². The van der Waals surface area contributed by atoms with Crippen molar-refractivity contribution in [3.63, 3.8) is 0 Å². The Bertz CT molecular complexity index is 1540. The number of fused-ring (bicyclic) bond motifs is 1. The van der Waals surface area contributed by atoms with E-state index < -0.39 is 11.9 Å². The summed E-state index contributed by atoms with van der Waals surface area (Å²) in [5.74, 6) is 0.696. The number of aryl methyl sites for hydroxylation is 1. The third-order valence-corrected chi connectivity index (χ3v) is 6.73. The van der Waals surface area contributed by atoms with Gasteiger partial charge in [0, 0.05) is 37.1 Å². The molecule has 5 heterocycles. The van der Waals surface area contributed by atoms with Crippen LogP contribution in [-0.4, -0.2) is 54.0 Å². The Hall–Kier alpha value is -3.87. The van der Waals surface area contributed by atoms with Crippen LogP contribution in [0, 0.1) is 6.92 Å². The molecule has 1 saturated carbocycles. The number of aromatic nitrogens is 7. The summed E-state index contributed by atoms with van der Waals surface area (Å²) < 4.78 is 48.6. The van der Waals surface area contributed by atoms with Crippen molar-refractivity contribution in [2.75, 3.05) is 24.6 Å². The first kappa shape index (κ1) is 23.5. The maximum atomic E-state index is 13.1. The second-order valence-corrected chi connectivity index (χ2v) is 9.31. The molecule has 1 aliphatic carbocycles. The van der Waals surface area contributed by atoms with Crippen LogP contribution in [0.5, 0.6) is 0 Å². The lowest BCUT2D eigenvalue weighted by Gasteiger charge is -2.32. The van der Waals surface area contributed by atoms with E-state index in [9.17, 15) is 18.0 Å². The molecule has 13 heteroatoms. The van der Waals surface area contributed by atoms with E-state index >= 15 is 0 Å². The number of pyridine rings is 1. The molecule has 0 N–H and O–H groups in total. The van der Waals surface area contributed by atoms with Crippen molar-refractivity contribution < 1.29 is 17.9 Å². The lowest BCUT2D eigenvalue weighted by molar-refractivity contribution is -0.141. The summed E-state index contributed by atoms with van der Waals surface area (Å²) in [4.78, 5) is 32.3. The van der Waals surface area contributed by atoms with Gasteiger partial charge in [-0.3, -0.25) is 19.0 Å². The van der Waals surface area contributed by atoms with Crippen molar-refractivity contribution in [2.45, 2.75) is 38.1 Å². The molecule has 10 nitrogen and oxygen atoms in total. The van der Waals surface area contributed by atoms with E-state index in [4.69, 9.17) is 4.74 Å². The molecule has 2 fully saturated rings. The van der Waals surface area contributed by atoms with Gasteiger partial charge in [-0.05, 0) is 31.9 Å². The molecule has 6 rings (SSSR count). The minimum absolute atomic E-state index is 0.0811. The summed E-state index contributed by atoms with van der Waals surface area (Å²) in [5, 5.41) is 4.45. The summed E-state index contributed by atoms with van der Waals surface area (Å²) in [6.45, 7) is 2.97. The molecule has 0 amide bonds. The van der Waals surface area contributed by atoms with Gasteiger partial charge in [0.1, 0.15) is 28.8 Å². The van der Waals surface area contributed by atoms with E-state index in [1.54, 1.807) is 20.2 Å². The highest BCUT2D eigenvalue weighted by atomic mass is 19.4. The van der Waals surface area contributed by atoms with E-state index in [2.05, 4.69) is 25.0 Å². The molecule has 4 aromatic heterocycles. The van der Waals surface area contributed by atoms with Crippen LogP contribution in [0.3, 0.4) is 0 Å². The Balaban J connectivity index is 1.42. The first-order valence-corrected chi connectivity index (χ1v) is 11.9. The van der Waals surface area contributed by atoms with E-state index in [-0.39, 0.29) is 34.3 Å². The van der Waals surface area contributed by atoms with Gasteiger partial charge in [-0.2, -0.15) is 18.3 Å². The van der Waals surface area contributed by atoms with Gasteiger partial charge in [0.05, 0.1) is 25.4 Å². The monoisotopic (exact) mass is 512 g/mol. The van der Waals surface area contributed by atoms with Crippen LogP contribution in [0.4, 0.5) is 19.1 Å². The maximum absolute atomic E-state index is 13.1. The summed E-state index contributed by atoms with van der Waals surface area (Å²) in [5.41, 5.74) is 0.390. The third-order valence-electron chi connectivity index (χ3n) is 6.73. The molecule has 1 aliphatic heterocycles. The summed E-state index contributed by atoms with van der Waals surface area (Å²) in [7, 11) is 1.59. The normalized spacial score (nSPS) is 18.5. The molecule has 0 spiro atoms. The Morgan fingerprint density at radius 2 is 1.89 bits per heavy atom. The predicted octanol–water partition coefficient (Wildman–Crippen LogP) is 3.22. The first-order valence-electron chi connectivity index (χ1n) is 11.9. The van der Waals surface area contributed by atoms with Crippen molar-refractivity contribution in [1.82, 2.24) is 34.3 Å². The minimum Gasteiger partial charge on any atom is -0.370 e. The van der Waals surface area contributed by atoms with Crippen LogP contribution in [0.2, 0.25) is 0 Å². The highest BCUT2D eigenvalue weighted by Gasteiger charge is 2.33. The lowest BCUT2D eigenvalue weighted by atomic mass is 10.1. The molecule has 192 valence electrons.